The van der Waals surface area contributed by atoms with Crippen molar-refractivity contribution in [2.45, 2.75) is 26.4 Å². The molecule has 0 saturated heterocycles. The molecule has 1 unspecified atom stereocenters. The fourth-order valence-corrected chi connectivity index (χ4v) is 3.60. The van der Waals surface area contributed by atoms with Gasteiger partial charge >= 0.3 is 0 Å². The van der Waals surface area contributed by atoms with E-state index in [9.17, 15) is 14.7 Å². The summed E-state index contributed by atoms with van der Waals surface area (Å²) in [5.74, 6) is 0.410. The summed E-state index contributed by atoms with van der Waals surface area (Å²) >= 11 is 0. The summed E-state index contributed by atoms with van der Waals surface area (Å²) in [5.41, 5.74) is 6.35. The van der Waals surface area contributed by atoms with Gasteiger partial charge in [-0.1, -0.05) is 13.5 Å². The first kappa shape index (κ1) is 23.5. The van der Waals surface area contributed by atoms with E-state index in [2.05, 4.69) is 11.6 Å². The number of ether oxygens (including phenoxy) is 1. The highest BCUT2D eigenvalue weighted by molar-refractivity contribution is 5.94. The van der Waals surface area contributed by atoms with Crippen molar-refractivity contribution in [2.24, 2.45) is 11.7 Å². The number of amides is 2. The summed E-state index contributed by atoms with van der Waals surface area (Å²) in [5, 5.41) is 9.98. The number of likely N-dealkylation sites (N-methyl/N-ethyl adjacent to an activating group) is 1. The molecule has 0 bridgehead atoms. The molecule has 2 amide bonds. The summed E-state index contributed by atoms with van der Waals surface area (Å²) in [4.78, 5) is 34.6. The second-order valence-electron chi connectivity index (χ2n) is 8.74. The molecule has 2 aliphatic rings. The first-order valence-electron chi connectivity index (χ1n) is 10.5. The fraction of sp³-hybridized carbons (Fsp3) is 0.435. The standard InChI is InChI=1S/C23H31N5O4/c1-15(12-24)21(29)27-7-6-18(10-16(27)2)28-8-9-32-19-11-17(13-25-20(19)28)22(30)26(5)14-23(3,4)31/h6-7,10-11,13,15,31H,2,8-9,12,14,24H2,1,3-5H3. The number of carbonyl (C=O) groups is 2. The fourth-order valence-electron chi connectivity index (χ4n) is 3.60. The van der Waals surface area contributed by atoms with E-state index in [1.54, 1.807) is 40.1 Å². The number of aliphatic hydroxyl groups is 1. The van der Waals surface area contributed by atoms with E-state index in [1.165, 1.54) is 16.0 Å². The van der Waals surface area contributed by atoms with Crippen LogP contribution in [0.5, 0.6) is 5.75 Å². The Kier molecular flexibility index (Phi) is 6.71. The lowest BCUT2D eigenvalue weighted by molar-refractivity contribution is -0.130. The van der Waals surface area contributed by atoms with E-state index in [0.717, 1.165) is 5.70 Å². The maximum atomic E-state index is 12.7. The van der Waals surface area contributed by atoms with Crippen molar-refractivity contribution in [1.29, 1.82) is 0 Å². The number of allylic oxidation sites excluding steroid dienone is 2. The van der Waals surface area contributed by atoms with Crippen molar-refractivity contribution in [2.75, 3.05) is 38.2 Å². The van der Waals surface area contributed by atoms with E-state index >= 15 is 0 Å². The van der Waals surface area contributed by atoms with Gasteiger partial charge in [0, 0.05) is 49.8 Å². The number of pyridine rings is 1. The Morgan fingerprint density at radius 2 is 2.16 bits per heavy atom. The Hall–Kier alpha value is -3.17. The Labute approximate surface area is 188 Å². The van der Waals surface area contributed by atoms with Crippen LogP contribution >= 0.6 is 0 Å². The third-order valence-electron chi connectivity index (χ3n) is 5.22. The second kappa shape index (κ2) is 9.13. The van der Waals surface area contributed by atoms with Gasteiger partial charge in [0.2, 0.25) is 5.91 Å². The molecule has 0 aliphatic carbocycles. The van der Waals surface area contributed by atoms with Crippen molar-refractivity contribution in [3.05, 3.63) is 54.2 Å². The maximum Gasteiger partial charge on any atom is 0.255 e. The van der Waals surface area contributed by atoms with Crippen LogP contribution in [0.1, 0.15) is 31.1 Å². The summed E-state index contributed by atoms with van der Waals surface area (Å²) < 4.78 is 5.77. The first-order valence-corrected chi connectivity index (χ1v) is 10.5. The molecule has 3 rings (SSSR count). The Balaban J connectivity index is 1.81. The Bertz CT molecular complexity index is 979. The number of carbonyl (C=O) groups excluding carboxylic acids is 2. The molecule has 9 nitrogen and oxygen atoms in total. The van der Waals surface area contributed by atoms with Gasteiger partial charge in [0.1, 0.15) is 6.61 Å². The van der Waals surface area contributed by atoms with Gasteiger partial charge in [-0.2, -0.15) is 0 Å². The minimum Gasteiger partial charge on any atom is -0.488 e. The van der Waals surface area contributed by atoms with E-state index in [-0.39, 0.29) is 30.8 Å². The molecule has 0 radical (unpaired) electrons. The van der Waals surface area contributed by atoms with Crippen LogP contribution < -0.4 is 15.4 Å². The third kappa shape index (κ3) is 5.00. The molecule has 0 fully saturated rings. The Morgan fingerprint density at radius 3 is 2.78 bits per heavy atom. The lowest BCUT2D eigenvalue weighted by atomic mass is 10.1. The molecular formula is C23H31N5O4. The number of rotatable bonds is 6. The van der Waals surface area contributed by atoms with Crippen molar-refractivity contribution in [3.8, 4) is 5.75 Å². The highest BCUT2D eigenvalue weighted by atomic mass is 16.5. The lowest BCUT2D eigenvalue weighted by Gasteiger charge is -2.34. The average Bonchev–Trinajstić information content (AvgIpc) is 2.75. The van der Waals surface area contributed by atoms with E-state index in [0.29, 0.717) is 36.0 Å². The van der Waals surface area contributed by atoms with Gasteiger partial charge < -0.3 is 25.4 Å². The SMILES string of the molecule is C=C1C=C(N2CCOc3cc(C(=O)N(C)CC(C)(C)O)cnc32)C=CN1C(=O)C(C)CN. The number of nitrogens with zero attached hydrogens (tertiary/aromatic N) is 4. The predicted octanol–water partition coefficient (Wildman–Crippen LogP) is 1.47. The van der Waals surface area contributed by atoms with Gasteiger partial charge in [0.25, 0.3) is 5.91 Å². The van der Waals surface area contributed by atoms with Crippen LogP contribution in [0, 0.1) is 5.92 Å². The van der Waals surface area contributed by atoms with Crippen molar-refractivity contribution in [3.63, 3.8) is 0 Å². The number of nitrogens with two attached hydrogens (primary N) is 1. The molecule has 1 aromatic rings. The molecule has 9 heteroatoms. The van der Waals surface area contributed by atoms with Crippen LogP contribution in [-0.2, 0) is 4.79 Å². The van der Waals surface area contributed by atoms with Crippen LogP contribution in [0.4, 0.5) is 5.82 Å². The van der Waals surface area contributed by atoms with Crippen molar-refractivity contribution >= 4 is 17.6 Å². The quantitative estimate of drug-likeness (QED) is 0.687. The molecule has 0 aromatic carbocycles. The molecule has 172 valence electrons. The molecule has 0 spiro atoms. The molecule has 0 saturated carbocycles. The predicted molar refractivity (Wildman–Crippen MR) is 122 cm³/mol. The largest absolute Gasteiger partial charge is 0.488 e. The number of hydrogen-bond donors (Lipinski definition) is 2. The summed E-state index contributed by atoms with van der Waals surface area (Å²) in [6.45, 7) is 10.5. The zero-order chi connectivity index (χ0) is 23.6. The van der Waals surface area contributed by atoms with Crippen LogP contribution in [0.15, 0.2) is 48.6 Å². The molecule has 1 atom stereocenters. The molecular weight excluding hydrogens is 410 g/mol. The number of anilines is 1. The van der Waals surface area contributed by atoms with Crippen molar-refractivity contribution < 1.29 is 19.4 Å². The third-order valence-corrected chi connectivity index (χ3v) is 5.22. The highest BCUT2D eigenvalue weighted by Crippen LogP contribution is 2.34. The normalized spacial score (nSPS) is 16.8. The van der Waals surface area contributed by atoms with Crippen LogP contribution in [0.3, 0.4) is 0 Å². The van der Waals surface area contributed by atoms with Crippen LogP contribution in [0.25, 0.3) is 0 Å². The molecule has 3 heterocycles. The second-order valence-corrected chi connectivity index (χ2v) is 8.74. The Morgan fingerprint density at radius 1 is 1.44 bits per heavy atom. The van der Waals surface area contributed by atoms with E-state index in [4.69, 9.17) is 10.5 Å². The highest BCUT2D eigenvalue weighted by Gasteiger charge is 2.28. The van der Waals surface area contributed by atoms with E-state index < -0.39 is 5.60 Å². The molecule has 3 N–H and O–H groups in total. The number of hydrogen-bond acceptors (Lipinski definition) is 7. The summed E-state index contributed by atoms with van der Waals surface area (Å²) in [6, 6.07) is 1.67. The summed E-state index contributed by atoms with van der Waals surface area (Å²) in [6.07, 6.45) is 6.83. The van der Waals surface area contributed by atoms with Crippen LogP contribution in [0.2, 0.25) is 0 Å². The summed E-state index contributed by atoms with van der Waals surface area (Å²) in [7, 11) is 1.63. The zero-order valence-electron chi connectivity index (χ0n) is 19.0. The van der Waals surface area contributed by atoms with Crippen LogP contribution in [-0.4, -0.2) is 70.6 Å². The monoisotopic (exact) mass is 441 g/mol. The number of fused-ring (bicyclic) bond motifs is 1. The smallest absolute Gasteiger partial charge is 0.255 e. The van der Waals surface area contributed by atoms with Gasteiger partial charge in [0.05, 0.1) is 17.7 Å². The van der Waals surface area contributed by atoms with Gasteiger partial charge in [-0.3, -0.25) is 14.5 Å². The molecule has 32 heavy (non-hydrogen) atoms. The van der Waals surface area contributed by atoms with Gasteiger partial charge in [-0.05, 0) is 32.1 Å². The van der Waals surface area contributed by atoms with Gasteiger partial charge in [-0.25, -0.2) is 4.98 Å². The van der Waals surface area contributed by atoms with Crippen molar-refractivity contribution in [1.82, 2.24) is 14.8 Å². The number of aromatic nitrogens is 1. The minimum atomic E-state index is -1.00. The molecule has 1 aromatic heterocycles. The van der Waals surface area contributed by atoms with E-state index in [1.807, 2.05) is 17.1 Å². The van der Waals surface area contributed by atoms with Gasteiger partial charge in [-0.15, -0.1) is 0 Å². The minimum absolute atomic E-state index is 0.108. The maximum absolute atomic E-state index is 12.7. The topological polar surface area (TPSA) is 112 Å². The zero-order valence-corrected chi connectivity index (χ0v) is 19.0. The lowest BCUT2D eigenvalue weighted by Crippen LogP contribution is -2.40. The van der Waals surface area contributed by atoms with Gasteiger partial charge in [0.15, 0.2) is 11.6 Å². The first-order chi connectivity index (χ1) is 15.0. The molecule has 2 aliphatic heterocycles. The average molecular weight is 442 g/mol.